The molecule has 0 aromatic heterocycles. The van der Waals surface area contributed by atoms with E-state index in [-0.39, 0.29) is 0 Å². The van der Waals surface area contributed by atoms with E-state index in [1.165, 1.54) is 7.11 Å². The third-order valence-electron chi connectivity index (χ3n) is 1.59. The van der Waals surface area contributed by atoms with Gasteiger partial charge in [0.2, 0.25) is 0 Å². The Hall–Kier alpha value is -1.21. The van der Waals surface area contributed by atoms with Crippen LogP contribution in [-0.4, -0.2) is 14.2 Å². The maximum absolute atomic E-state index is 8.73. The Morgan fingerprint density at radius 2 is 1.77 bits per heavy atom. The quantitative estimate of drug-likeness (QED) is 0.799. The molecule has 0 atom stereocenters. The zero-order chi connectivity index (χ0) is 9.84. The van der Waals surface area contributed by atoms with Crippen LogP contribution in [-0.2, 0) is 0 Å². The summed E-state index contributed by atoms with van der Waals surface area (Å²) in [4.78, 5) is 0. The number of hydrogen-bond donors (Lipinski definition) is 0. The summed E-state index contributed by atoms with van der Waals surface area (Å²) in [6.07, 6.45) is 0. The van der Waals surface area contributed by atoms with Crippen molar-refractivity contribution < 1.29 is 9.47 Å². The van der Waals surface area contributed by atoms with Gasteiger partial charge in [0.1, 0.15) is 6.07 Å². The van der Waals surface area contributed by atoms with E-state index >= 15 is 0 Å². The summed E-state index contributed by atoms with van der Waals surface area (Å²) >= 11 is 3.25. The first kappa shape index (κ1) is 9.87. The van der Waals surface area contributed by atoms with Crippen LogP contribution in [0.5, 0.6) is 11.5 Å². The molecule has 0 amide bonds. The predicted octanol–water partition coefficient (Wildman–Crippen LogP) is 2.34. The van der Waals surface area contributed by atoms with Gasteiger partial charge < -0.3 is 9.47 Å². The Balaban J connectivity index is 3.28. The van der Waals surface area contributed by atoms with Crippen LogP contribution in [0.2, 0.25) is 0 Å². The summed E-state index contributed by atoms with van der Waals surface area (Å²) in [5.41, 5.74) is 0.526. The van der Waals surface area contributed by atoms with Gasteiger partial charge in [0, 0.05) is 10.5 Å². The van der Waals surface area contributed by atoms with Crippen molar-refractivity contribution in [2.24, 2.45) is 0 Å². The van der Waals surface area contributed by atoms with Gasteiger partial charge in [-0.25, -0.2) is 0 Å². The van der Waals surface area contributed by atoms with Gasteiger partial charge in [-0.15, -0.1) is 0 Å². The van der Waals surface area contributed by atoms with Crippen molar-refractivity contribution in [2.75, 3.05) is 14.2 Å². The first-order chi connectivity index (χ1) is 6.22. The molecule has 13 heavy (non-hydrogen) atoms. The van der Waals surface area contributed by atoms with Crippen LogP contribution in [0.25, 0.3) is 0 Å². The molecule has 0 heterocycles. The molecule has 1 aromatic rings. The molecule has 0 fully saturated rings. The van der Waals surface area contributed by atoms with Crippen molar-refractivity contribution >= 4 is 15.9 Å². The molecule has 0 unspecified atom stereocenters. The van der Waals surface area contributed by atoms with Crippen LogP contribution in [0.3, 0.4) is 0 Å². The van der Waals surface area contributed by atoms with Crippen LogP contribution in [0, 0.1) is 11.3 Å². The maximum Gasteiger partial charge on any atom is 0.162 e. The molecule has 0 saturated heterocycles. The van der Waals surface area contributed by atoms with Crippen molar-refractivity contribution in [1.29, 1.82) is 5.26 Å². The molecule has 0 saturated carbocycles. The van der Waals surface area contributed by atoms with Crippen molar-refractivity contribution in [1.82, 2.24) is 0 Å². The van der Waals surface area contributed by atoms with Gasteiger partial charge in [0.05, 0.1) is 19.8 Å². The Morgan fingerprint density at radius 3 is 2.23 bits per heavy atom. The predicted molar refractivity (Wildman–Crippen MR) is 52.0 cm³/mol. The molecule has 0 spiro atoms. The number of methoxy groups -OCH3 is 2. The number of nitrogens with zero attached hydrogens (tertiary/aromatic N) is 1. The van der Waals surface area contributed by atoms with E-state index in [2.05, 4.69) is 15.9 Å². The summed E-state index contributed by atoms with van der Waals surface area (Å²) in [5, 5.41) is 8.73. The van der Waals surface area contributed by atoms with E-state index < -0.39 is 0 Å². The lowest BCUT2D eigenvalue weighted by atomic mass is 10.2. The molecule has 0 aliphatic heterocycles. The van der Waals surface area contributed by atoms with Crippen molar-refractivity contribution in [3.05, 3.63) is 22.2 Å². The lowest BCUT2D eigenvalue weighted by Gasteiger charge is -2.08. The highest BCUT2D eigenvalue weighted by molar-refractivity contribution is 9.10. The smallest absolute Gasteiger partial charge is 0.162 e. The molecule has 0 radical (unpaired) electrons. The minimum Gasteiger partial charge on any atom is -0.493 e. The minimum atomic E-state index is 0.526. The first-order valence-electron chi connectivity index (χ1n) is 3.54. The third-order valence-corrected chi connectivity index (χ3v) is 2.25. The average molecular weight is 242 g/mol. The lowest BCUT2D eigenvalue weighted by molar-refractivity contribution is 0.354. The largest absolute Gasteiger partial charge is 0.493 e. The molecule has 1 aromatic carbocycles. The highest BCUT2D eigenvalue weighted by Crippen LogP contribution is 2.32. The zero-order valence-corrected chi connectivity index (χ0v) is 8.88. The number of halogens is 1. The summed E-state index contributed by atoms with van der Waals surface area (Å²) in [6.45, 7) is 0. The molecular formula is C9H8BrNO2. The molecule has 1 rings (SSSR count). The van der Waals surface area contributed by atoms with Gasteiger partial charge in [-0.1, -0.05) is 0 Å². The molecule has 68 valence electrons. The third kappa shape index (κ3) is 1.93. The average Bonchev–Trinajstić information content (AvgIpc) is 2.17. The standard InChI is InChI=1S/C9H8BrNO2/c1-12-8-3-6(5-11)7(10)4-9(8)13-2/h3-4H,1-2H3. The minimum absolute atomic E-state index is 0.526. The van der Waals surface area contributed by atoms with Gasteiger partial charge in [0.25, 0.3) is 0 Å². The van der Waals surface area contributed by atoms with Crippen molar-refractivity contribution in [2.45, 2.75) is 0 Å². The van der Waals surface area contributed by atoms with Gasteiger partial charge in [-0.3, -0.25) is 0 Å². The van der Waals surface area contributed by atoms with Gasteiger partial charge >= 0.3 is 0 Å². The second-order valence-corrected chi connectivity index (χ2v) is 3.15. The number of benzene rings is 1. The Bertz CT molecular complexity index is 357. The second kappa shape index (κ2) is 4.15. The summed E-state index contributed by atoms with van der Waals surface area (Å²) in [5.74, 6) is 1.16. The summed E-state index contributed by atoms with van der Waals surface area (Å²) in [6, 6.07) is 5.37. The highest BCUT2D eigenvalue weighted by Gasteiger charge is 2.08. The van der Waals surface area contributed by atoms with E-state index in [4.69, 9.17) is 14.7 Å². The fourth-order valence-electron chi connectivity index (χ4n) is 0.940. The molecule has 0 N–H and O–H groups in total. The molecule has 3 nitrogen and oxygen atoms in total. The fraction of sp³-hybridized carbons (Fsp3) is 0.222. The van der Waals surface area contributed by atoms with E-state index in [0.29, 0.717) is 21.5 Å². The maximum atomic E-state index is 8.73. The number of rotatable bonds is 2. The van der Waals surface area contributed by atoms with Crippen molar-refractivity contribution in [3.8, 4) is 17.6 Å². The van der Waals surface area contributed by atoms with Gasteiger partial charge in [-0.05, 0) is 22.0 Å². The fourth-order valence-corrected chi connectivity index (χ4v) is 1.35. The molecule has 0 bridgehead atoms. The normalized spacial score (nSPS) is 9.08. The molecule has 0 aliphatic rings. The Kier molecular flexibility index (Phi) is 3.15. The van der Waals surface area contributed by atoms with Crippen LogP contribution in [0.4, 0.5) is 0 Å². The van der Waals surface area contributed by atoms with Crippen LogP contribution in [0.1, 0.15) is 5.56 Å². The summed E-state index contributed by atoms with van der Waals surface area (Å²) < 4.78 is 10.8. The molecule has 0 aliphatic carbocycles. The Morgan fingerprint density at radius 1 is 1.23 bits per heavy atom. The number of nitriles is 1. The topological polar surface area (TPSA) is 42.2 Å². The van der Waals surface area contributed by atoms with E-state index in [9.17, 15) is 0 Å². The van der Waals surface area contributed by atoms with E-state index in [1.807, 2.05) is 6.07 Å². The first-order valence-corrected chi connectivity index (χ1v) is 4.34. The number of ether oxygens (including phenoxy) is 2. The lowest BCUT2D eigenvalue weighted by Crippen LogP contribution is -1.91. The van der Waals surface area contributed by atoms with Crippen LogP contribution in [0.15, 0.2) is 16.6 Å². The highest BCUT2D eigenvalue weighted by atomic mass is 79.9. The van der Waals surface area contributed by atoms with Gasteiger partial charge in [0.15, 0.2) is 11.5 Å². The number of hydrogen-bond acceptors (Lipinski definition) is 3. The van der Waals surface area contributed by atoms with E-state index in [0.717, 1.165) is 0 Å². The SMILES string of the molecule is COc1cc(Br)c(C#N)cc1OC. The monoisotopic (exact) mass is 241 g/mol. The van der Waals surface area contributed by atoms with E-state index in [1.54, 1.807) is 19.2 Å². The molecular weight excluding hydrogens is 234 g/mol. The van der Waals surface area contributed by atoms with Gasteiger partial charge in [-0.2, -0.15) is 5.26 Å². The molecule has 4 heteroatoms. The zero-order valence-electron chi connectivity index (χ0n) is 7.30. The van der Waals surface area contributed by atoms with Crippen LogP contribution < -0.4 is 9.47 Å². The van der Waals surface area contributed by atoms with Crippen molar-refractivity contribution in [3.63, 3.8) is 0 Å². The Labute approximate surface area is 85.0 Å². The second-order valence-electron chi connectivity index (χ2n) is 2.30. The van der Waals surface area contributed by atoms with Crippen LogP contribution >= 0.6 is 15.9 Å². The summed E-state index contributed by atoms with van der Waals surface area (Å²) in [7, 11) is 3.09.